The molecule has 0 unspecified atom stereocenters. The molecule has 6 aromatic carbocycles. The Balaban J connectivity index is 1.22. The van der Waals surface area contributed by atoms with Crippen LogP contribution in [0.2, 0.25) is 0 Å². The van der Waals surface area contributed by atoms with E-state index in [1.807, 2.05) is 105 Å². The number of hydrogen-bond donors (Lipinski definition) is 0. The number of rotatable bonds is 6. The molecule has 0 atom stereocenters. The molecule has 0 amide bonds. The van der Waals surface area contributed by atoms with Gasteiger partial charge in [-0.05, 0) is 50.5 Å². The normalized spacial score (nSPS) is 11.5. The molecule has 0 saturated carbocycles. The second-order valence-corrected chi connectivity index (χ2v) is 13.4. The predicted octanol–water partition coefficient (Wildman–Crippen LogP) is 7.91. The summed E-state index contributed by atoms with van der Waals surface area (Å²) in [6.07, 6.45) is 6.06. The number of benzene rings is 6. The SMILES string of the molecule is [CH2-][n+]1cc2ccccc2c2cccc([O][Al]([O]c3cccc4c5ccccc5c[n+]([CH2-])c34)[O]c3cccc4c5ccccc5c[n+]([CH2-])c34)c21. The van der Waals surface area contributed by atoms with Crippen LogP contribution < -0.4 is 25.1 Å². The van der Waals surface area contributed by atoms with Crippen molar-refractivity contribution in [1.82, 2.24) is 0 Å². The molecule has 0 spiro atoms. The zero-order chi connectivity index (χ0) is 33.1. The van der Waals surface area contributed by atoms with Crippen molar-refractivity contribution in [2.24, 2.45) is 0 Å². The Morgan fingerprint density at radius 3 is 0.959 bits per heavy atom. The van der Waals surface area contributed by atoms with Gasteiger partial charge in [0.25, 0.3) is 0 Å². The van der Waals surface area contributed by atoms with E-state index in [0.717, 1.165) is 65.0 Å². The van der Waals surface area contributed by atoms with Crippen LogP contribution >= 0.6 is 0 Å². The van der Waals surface area contributed by atoms with E-state index in [9.17, 15) is 0 Å². The van der Waals surface area contributed by atoms with Gasteiger partial charge in [0, 0.05) is 37.3 Å². The first-order valence-electron chi connectivity index (χ1n) is 16.0. The molecule has 3 heterocycles. The number of hydrogen-bond acceptors (Lipinski definition) is 3. The number of pyridine rings is 3. The molecule has 6 nitrogen and oxygen atoms in total. The molecule has 3 aromatic heterocycles. The quantitative estimate of drug-likeness (QED) is 0.0794. The highest BCUT2D eigenvalue weighted by Crippen LogP contribution is 2.34. The summed E-state index contributed by atoms with van der Waals surface area (Å²) >= 11 is -3.11. The third-order valence-corrected chi connectivity index (χ3v) is 10.5. The van der Waals surface area contributed by atoms with Crippen molar-refractivity contribution in [3.05, 3.63) is 167 Å². The fourth-order valence-electron chi connectivity index (χ4n) is 7.04. The monoisotopic (exact) mass is 651 g/mol. The van der Waals surface area contributed by atoms with Crippen molar-refractivity contribution in [3.63, 3.8) is 0 Å². The molecule has 0 aliphatic carbocycles. The first-order valence-corrected chi connectivity index (χ1v) is 17.5. The highest BCUT2D eigenvalue weighted by molar-refractivity contribution is 6.40. The molecule has 49 heavy (non-hydrogen) atoms. The topological polar surface area (TPSA) is 39.3 Å². The summed E-state index contributed by atoms with van der Waals surface area (Å²) < 4.78 is 26.3. The molecule has 0 aliphatic rings. The first kappa shape index (κ1) is 29.0. The minimum Gasteiger partial charge on any atom is -0.582 e. The number of nitrogens with zero attached hydrogens (tertiary/aromatic N) is 3. The highest BCUT2D eigenvalue weighted by Gasteiger charge is 2.46. The van der Waals surface area contributed by atoms with E-state index < -0.39 is 15.1 Å². The summed E-state index contributed by atoms with van der Waals surface area (Å²) in [6, 6.07) is 42.9. The average molecular weight is 652 g/mol. The minimum atomic E-state index is -3.11. The second-order valence-electron chi connectivity index (χ2n) is 12.2. The van der Waals surface area contributed by atoms with Crippen LogP contribution in [0.3, 0.4) is 0 Å². The molecular weight excluding hydrogens is 621 g/mol. The van der Waals surface area contributed by atoms with Crippen molar-refractivity contribution >= 4 is 80.2 Å². The van der Waals surface area contributed by atoms with Crippen molar-refractivity contribution in [2.45, 2.75) is 0 Å². The zero-order valence-corrected chi connectivity index (χ0v) is 27.8. The summed E-state index contributed by atoms with van der Waals surface area (Å²) in [5.74, 6) is 1.86. The molecular formula is C42H30AlN3O3. The Labute approximate surface area is 288 Å². The molecule has 0 bridgehead atoms. The average Bonchev–Trinajstić information content (AvgIpc) is 3.12. The molecule has 0 radical (unpaired) electrons. The van der Waals surface area contributed by atoms with Crippen LogP contribution in [0, 0.1) is 21.1 Å². The Kier molecular flexibility index (Phi) is 6.84. The third-order valence-electron chi connectivity index (χ3n) is 9.17. The lowest BCUT2D eigenvalue weighted by Crippen LogP contribution is -2.39. The summed E-state index contributed by atoms with van der Waals surface area (Å²) in [7, 11) is 13.0. The van der Waals surface area contributed by atoms with E-state index in [-0.39, 0.29) is 0 Å². The van der Waals surface area contributed by atoms with Crippen LogP contribution in [-0.4, -0.2) is 15.1 Å². The lowest BCUT2D eigenvalue weighted by atomic mass is 10.1. The number of para-hydroxylation sites is 3. The highest BCUT2D eigenvalue weighted by atomic mass is 27.3. The molecule has 0 fully saturated rings. The molecule has 234 valence electrons. The summed E-state index contributed by atoms with van der Waals surface area (Å²) in [6.45, 7) is 0. The van der Waals surface area contributed by atoms with Crippen LogP contribution in [0.1, 0.15) is 0 Å². The van der Waals surface area contributed by atoms with Gasteiger partial charge in [0.15, 0.2) is 16.6 Å². The maximum absolute atomic E-state index is 6.89. The van der Waals surface area contributed by atoms with E-state index in [0.29, 0.717) is 17.2 Å². The van der Waals surface area contributed by atoms with Gasteiger partial charge in [-0.1, -0.05) is 109 Å². The maximum atomic E-state index is 6.89. The third kappa shape index (κ3) is 4.87. The van der Waals surface area contributed by atoms with Crippen LogP contribution in [0.5, 0.6) is 17.2 Å². The fourth-order valence-corrected chi connectivity index (χ4v) is 8.38. The summed E-state index contributed by atoms with van der Waals surface area (Å²) in [5.41, 5.74) is 2.54. The first-order chi connectivity index (χ1) is 24.0. The van der Waals surface area contributed by atoms with Gasteiger partial charge in [-0.25, -0.2) is 0 Å². The van der Waals surface area contributed by atoms with Gasteiger partial charge < -0.3 is 25.1 Å². The van der Waals surface area contributed by atoms with Gasteiger partial charge in [0.1, 0.15) is 0 Å². The van der Waals surface area contributed by atoms with Crippen LogP contribution in [0.4, 0.5) is 0 Å². The smallest absolute Gasteiger partial charge is 0.582 e. The van der Waals surface area contributed by atoms with E-state index in [1.165, 1.54) is 0 Å². The lowest BCUT2D eigenvalue weighted by molar-refractivity contribution is -0.582. The van der Waals surface area contributed by atoms with Crippen LogP contribution in [-0.2, 0) is 0 Å². The summed E-state index contributed by atoms with van der Waals surface area (Å²) in [4.78, 5) is 0. The van der Waals surface area contributed by atoms with E-state index in [1.54, 1.807) is 0 Å². The number of aromatic nitrogens is 3. The molecule has 0 saturated heterocycles. The van der Waals surface area contributed by atoms with Crippen molar-refractivity contribution in [1.29, 1.82) is 0 Å². The van der Waals surface area contributed by atoms with Crippen molar-refractivity contribution < 1.29 is 25.1 Å². The maximum Gasteiger partial charge on any atom is 1.20 e. The van der Waals surface area contributed by atoms with Gasteiger partial charge in [-0.15, -0.1) is 0 Å². The van der Waals surface area contributed by atoms with Crippen LogP contribution in [0.25, 0.3) is 65.0 Å². The van der Waals surface area contributed by atoms with E-state index in [4.69, 9.17) is 11.4 Å². The van der Waals surface area contributed by atoms with E-state index >= 15 is 0 Å². The molecule has 7 heteroatoms. The van der Waals surface area contributed by atoms with Crippen molar-refractivity contribution in [3.8, 4) is 17.2 Å². The second kappa shape index (κ2) is 11.5. The molecule has 9 rings (SSSR count). The molecule has 0 aliphatic heterocycles. The summed E-state index contributed by atoms with van der Waals surface area (Å²) in [5, 5.41) is 9.69. The largest absolute Gasteiger partial charge is 1.20 e. The Hall–Kier alpha value is -6.13. The van der Waals surface area contributed by atoms with Crippen molar-refractivity contribution in [2.75, 3.05) is 0 Å². The van der Waals surface area contributed by atoms with Crippen LogP contribution in [0.15, 0.2) is 146 Å². The molecule has 0 N–H and O–H groups in total. The Morgan fingerprint density at radius 1 is 0.347 bits per heavy atom. The minimum absolute atomic E-state index is 0.622. The lowest BCUT2D eigenvalue weighted by Gasteiger charge is -2.22. The van der Waals surface area contributed by atoms with Gasteiger partial charge >= 0.3 is 15.1 Å². The Morgan fingerprint density at radius 2 is 0.633 bits per heavy atom. The predicted molar refractivity (Wildman–Crippen MR) is 195 cm³/mol. The van der Waals surface area contributed by atoms with Gasteiger partial charge in [-0.2, -0.15) is 0 Å². The van der Waals surface area contributed by atoms with Gasteiger partial charge in [0.05, 0.1) is 35.8 Å². The van der Waals surface area contributed by atoms with Gasteiger partial charge in [-0.3, -0.25) is 0 Å². The standard InChI is InChI=1S/3C14H11NO.Al/c3*1-15-9-10-5-2-3-6-11(10)12-7-4-8-13(16)14(12)15;/h3*2-9,16H,1H2;/q;;;+3/p-3. The molecule has 9 aromatic rings. The Bertz CT molecular complexity index is 2460. The fraction of sp³-hybridized carbons (Fsp3) is 0. The number of fused-ring (bicyclic) bond motifs is 9. The van der Waals surface area contributed by atoms with Gasteiger partial charge in [0.2, 0.25) is 0 Å². The van der Waals surface area contributed by atoms with E-state index in [2.05, 4.69) is 75.7 Å². The zero-order valence-electron chi connectivity index (χ0n) is 26.6.